The molecule has 2 saturated heterocycles. The van der Waals surface area contributed by atoms with Crippen LogP contribution in [0.5, 0.6) is 0 Å². The number of ether oxygens (including phenoxy) is 8. The molecule has 0 amide bonds. The highest BCUT2D eigenvalue weighted by molar-refractivity contribution is 4.73. The SMILES string of the molecule is CC(C)OC1CCC1.CC(C)OC1CCCC1.CC(C)OC1CCOC1.CC(C)OCC1CC1.CC(C)OCC1CCCO1.CC(C)OCCC1CC1. The molecule has 0 bridgehead atoms. The second-order valence-corrected chi connectivity index (χ2v) is 17.5. The third kappa shape index (κ3) is 34.6. The Morgan fingerprint density at radius 2 is 0.925 bits per heavy atom. The van der Waals surface area contributed by atoms with Gasteiger partial charge in [-0.1, -0.05) is 25.7 Å². The van der Waals surface area contributed by atoms with Gasteiger partial charge in [0.2, 0.25) is 0 Å². The number of hydrogen-bond donors (Lipinski definition) is 0. The molecule has 6 aliphatic rings. The van der Waals surface area contributed by atoms with Gasteiger partial charge >= 0.3 is 0 Å². The third-order valence-corrected chi connectivity index (χ3v) is 9.31. The van der Waals surface area contributed by atoms with E-state index in [1.807, 2.05) is 0 Å². The molecule has 8 heteroatoms. The van der Waals surface area contributed by atoms with Crippen LogP contribution < -0.4 is 0 Å². The molecule has 6 rings (SSSR count). The van der Waals surface area contributed by atoms with Gasteiger partial charge in [-0.2, -0.15) is 0 Å². The zero-order chi connectivity index (χ0) is 39.4. The van der Waals surface area contributed by atoms with Crippen molar-refractivity contribution < 1.29 is 37.9 Å². The summed E-state index contributed by atoms with van der Waals surface area (Å²) in [4.78, 5) is 0. The van der Waals surface area contributed by atoms with E-state index in [0.717, 1.165) is 57.9 Å². The summed E-state index contributed by atoms with van der Waals surface area (Å²) in [6.45, 7) is 30.3. The molecule has 8 nitrogen and oxygen atoms in total. The zero-order valence-electron chi connectivity index (χ0n) is 37.0. The van der Waals surface area contributed by atoms with E-state index in [1.54, 1.807) is 0 Å². The Hall–Kier alpha value is -0.320. The van der Waals surface area contributed by atoms with E-state index < -0.39 is 0 Å². The Morgan fingerprint density at radius 3 is 1.30 bits per heavy atom. The van der Waals surface area contributed by atoms with E-state index in [1.165, 1.54) is 89.9 Å². The second kappa shape index (κ2) is 31.7. The van der Waals surface area contributed by atoms with Crippen molar-refractivity contribution in [1.82, 2.24) is 0 Å². The predicted molar refractivity (Wildman–Crippen MR) is 220 cm³/mol. The van der Waals surface area contributed by atoms with E-state index in [-0.39, 0.29) is 0 Å². The molecule has 2 aliphatic heterocycles. The molecule has 0 N–H and O–H groups in total. The van der Waals surface area contributed by atoms with Gasteiger partial charge in [0.1, 0.15) is 0 Å². The average molecular weight is 759 g/mol. The van der Waals surface area contributed by atoms with Crippen molar-refractivity contribution in [2.24, 2.45) is 11.8 Å². The lowest BCUT2D eigenvalue weighted by Gasteiger charge is -2.27. The van der Waals surface area contributed by atoms with Gasteiger partial charge in [-0.05, 0) is 166 Å². The zero-order valence-corrected chi connectivity index (χ0v) is 37.0. The minimum absolute atomic E-state index is 0.337. The first-order valence-electron chi connectivity index (χ1n) is 22.2. The molecule has 2 atom stereocenters. The summed E-state index contributed by atoms with van der Waals surface area (Å²) in [5.41, 5.74) is 0. The van der Waals surface area contributed by atoms with Gasteiger partial charge in [-0.15, -0.1) is 0 Å². The van der Waals surface area contributed by atoms with Crippen LogP contribution in [-0.2, 0) is 37.9 Å². The van der Waals surface area contributed by atoms with E-state index in [9.17, 15) is 0 Å². The molecule has 318 valence electrons. The number of hydrogen-bond acceptors (Lipinski definition) is 8. The van der Waals surface area contributed by atoms with Gasteiger partial charge < -0.3 is 37.9 Å². The number of rotatable bonds is 16. The molecule has 0 spiro atoms. The van der Waals surface area contributed by atoms with Crippen molar-refractivity contribution in [2.45, 2.75) is 240 Å². The van der Waals surface area contributed by atoms with Crippen molar-refractivity contribution >= 4 is 0 Å². The first-order valence-corrected chi connectivity index (χ1v) is 22.2. The van der Waals surface area contributed by atoms with Crippen LogP contribution in [0, 0.1) is 11.8 Å². The Bertz CT molecular complexity index is 747. The molecule has 0 aromatic heterocycles. The van der Waals surface area contributed by atoms with Crippen LogP contribution in [0.4, 0.5) is 0 Å². The van der Waals surface area contributed by atoms with Gasteiger partial charge in [0.15, 0.2) is 0 Å². The minimum atomic E-state index is 0.337. The highest BCUT2D eigenvalue weighted by Gasteiger charge is 2.22. The van der Waals surface area contributed by atoms with Crippen LogP contribution in [0.25, 0.3) is 0 Å². The molecular weight excluding hydrogens is 668 g/mol. The van der Waals surface area contributed by atoms with Crippen molar-refractivity contribution in [3.05, 3.63) is 0 Å². The molecule has 2 unspecified atom stereocenters. The first-order chi connectivity index (χ1) is 25.2. The lowest BCUT2D eigenvalue weighted by atomic mass is 9.96. The van der Waals surface area contributed by atoms with E-state index >= 15 is 0 Å². The summed E-state index contributed by atoms with van der Waals surface area (Å²) in [6, 6.07) is 0. The summed E-state index contributed by atoms with van der Waals surface area (Å²) in [5.74, 6) is 1.93. The summed E-state index contributed by atoms with van der Waals surface area (Å²) in [5, 5.41) is 0. The molecule has 0 aromatic rings. The van der Waals surface area contributed by atoms with E-state index in [0.29, 0.717) is 61.0 Å². The lowest BCUT2D eigenvalue weighted by Crippen LogP contribution is -2.24. The Labute approximate surface area is 329 Å². The van der Waals surface area contributed by atoms with Gasteiger partial charge in [0.05, 0.1) is 74.3 Å². The van der Waals surface area contributed by atoms with Crippen LogP contribution in [0.3, 0.4) is 0 Å². The predicted octanol–water partition coefficient (Wildman–Crippen LogP) is 11.1. The van der Waals surface area contributed by atoms with Gasteiger partial charge in [-0.3, -0.25) is 0 Å². The maximum atomic E-state index is 5.61. The normalized spacial score (nSPS) is 22.8. The van der Waals surface area contributed by atoms with Gasteiger partial charge in [-0.25, -0.2) is 0 Å². The Morgan fingerprint density at radius 1 is 0.434 bits per heavy atom. The van der Waals surface area contributed by atoms with Crippen LogP contribution in [0.15, 0.2) is 0 Å². The second-order valence-electron chi connectivity index (χ2n) is 17.5. The van der Waals surface area contributed by atoms with E-state index in [2.05, 4.69) is 83.1 Å². The maximum absolute atomic E-state index is 5.61. The van der Waals surface area contributed by atoms with Crippen LogP contribution in [0.2, 0.25) is 0 Å². The fourth-order valence-corrected chi connectivity index (χ4v) is 5.87. The maximum Gasteiger partial charge on any atom is 0.0833 e. The van der Waals surface area contributed by atoms with Gasteiger partial charge in [0, 0.05) is 26.4 Å². The van der Waals surface area contributed by atoms with Crippen LogP contribution in [-0.4, -0.2) is 101 Å². The molecule has 2 heterocycles. The fourth-order valence-electron chi connectivity index (χ4n) is 5.87. The molecule has 53 heavy (non-hydrogen) atoms. The average Bonchev–Trinajstić information content (AvgIpc) is 3.86. The van der Waals surface area contributed by atoms with Gasteiger partial charge in [0.25, 0.3) is 0 Å². The summed E-state index contributed by atoms with van der Waals surface area (Å²) < 4.78 is 43.3. The summed E-state index contributed by atoms with van der Waals surface area (Å²) >= 11 is 0. The van der Waals surface area contributed by atoms with Crippen molar-refractivity contribution in [3.8, 4) is 0 Å². The smallest absolute Gasteiger partial charge is 0.0833 e. The van der Waals surface area contributed by atoms with Crippen molar-refractivity contribution in [2.75, 3.05) is 39.6 Å². The molecule has 0 radical (unpaired) electrons. The quantitative estimate of drug-likeness (QED) is 0.154. The Balaban J connectivity index is 0.000000318. The fraction of sp³-hybridized carbons (Fsp3) is 1.00. The standard InChI is InChI=1S/C8H16O2.2C8H16O.C7H14O2.2C7H14O/c1-7(2)10-6-8-4-3-5-9-8;1-7(2)9-6-5-8-3-4-8;1-7(2)9-8-5-3-4-6-8;1-6(2)9-7-3-4-8-5-7;1-6(2)8-5-7-3-4-7;1-6(2)8-7-4-3-5-7/h7-8H,3-6H2,1-2H3;2*7-8H,3-6H2,1-2H3;6-7H,3-5H2,1-2H3;2*6-7H,3-5H2,1-2H3. The molecule has 6 fully saturated rings. The summed E-state index contributed by atoms with van der Waals surface area (Å²) in [7, 11) is 0. The highest BCUT2D eigenvalue weighted by atomic mass is 16.6. The molecular formula is C45H90O8. The molecule has 4 saturated carbocycles. The van der Waals surface area contributed by atoms with Crippen LogP contribution in [0.1, 0.15) is 179 Å². The first kappa shape index (κ1) is 50.7. The highest BCUT2D eigenvalue weighted by Crippen LogP contribution is 2.32. The van der Waals surface area contributed by atoms with Crippen molar-refractivity contribution in [1.29, 1.82) is 0 Å². The minimum Gasteiger partial charge on any atom is -0.379 e. The monoisotopic (exact) mass is 759 g/mol. The van der Waals surface area contributed by atoms with Crippen molar-refractivity contribution in [3.63, 3.8) is 0 Å². The van der Waals surface area contributed by atoms with Crippen LogP contribution >= 0.6 is 0 Å². The third-order valence-electron chi connectivity index (χ3n) is 9.31. The summed E-state index contributed by atoms with van der Waals surface area (Å²) in [6.07, 6.45) is 24.0. The topological polar surface area (TPSA) is 73.8 Å². The van der Waals surface area contributed by atoms with E-state index in [4.69, 9.17) is 37.9 Å². The Kier molecular flexibility index (Phi) is 30.4. The lowest BCUT2D eigenvalue weighted by molar-refractivity contribution is -0.0347. The molecule has 0 aromatic carbocycles. The molecule has 4 aliphatic carbocycles. The largest absolute Gasteiger partial charge is 0.379 e.